The molecule has 1 fully saturated rings. The van der Waals surface area contributed by atoms with Gasteiger partial charge in [0.2, 0.25) is 11.8 Å². The zero-order chi connectivity index (χ0) is 22.4. The summed E-state index contributed by atoms with van der Waals surface area (Å²) in [5, 5.41) is 0. The second-order valence-electron chi connectivity index (χ2n) is 9.52. The van der Waals surface area contributed by atoms with Crippen molar-refractivity contribution in [2.24, 2.45) is 11.8 Å². The summed E-state index contributed by atoms with van der Waals surface area (Å²) in [6.45, 7) is 6.04. The lowest BCUT2D eigenvalue weighted by Crippen LogP contribution is -2.61. The van der Waals surface area contributed by atoms with Crippen molar-refractivity contribution in [3.63, 3.8) is 0 Å². The second kappa shape index (κ2) is 6.04. The van der Waals surface area contributed by atoms with Gasteiger partial charge >= 0.3 is 0 Å². The molecule has 1 saturated heterocycles. The standard InChI is InChI=1S/C28H23NO3/c1-16-12-13-18(14-17(16)2)29-25(31)23-24(26(29)32)28(15-30)21-10-6-4-8-19(21)27(23,3)20-9-5-7-11-22(20)28/h4-15,23-24H,1-3H3/t23-,24-,27?,28?/m0/s1. The van der Waals surface area contributed by atoms with Crippen LogP contribution in [0, 0.1) is 25.7 Å². The number of imide groups is 1. The van der Waals surface area contributed by atoms with E-state index < -0.39 is 22.7 Å². The van der Waals surface area contributed by atoms with E-state index >= 15 is 0 Å². The number of amides is 2. The second-order valence-corrected chi connectivity index (χ2v) is 9.52. The normalized spacial score (nSPS) is 29.5. The lowest BCUT2D eigenvalue weighted by Gasteiger charge is -2.56. The van der Waals surface area contributed by atoms with Crippen LogP contribution in [0.5, 0.6) is 0 Å². The van der Waals surface area contributed by atoms with Crippen molar-refractivity contribution in [2.75, 3.05) is 4.90 Å². The molecule has 32 heavy (non-hydrogen) atoms. The lowest BCUT2D eigenvalue weighted by molar-refractivity contribution is -0.129. The quantitative estimate of drug-likeness (QED) is 0.460. The maximum atomic E-state index is 14.0. The Hall–Kier alpha value is -3.53. The summed E-state index contributed by atoms with van der Waals surface area (Å²) in [6.07, 6.45) is 0.913. The molecule has 4 heteroatoms. The molecular formula is C28H23NO3. The molecular weight excluding hydrogens is 398 g/mol. The topological polar surface area (TPSA) is 54.5 Å². The molecule has 4 nitrogen and oxygen atoms in total. The average molecular weight is 421 g/mol. The van der Waals surface area contributed by atoms with E-state index in [4.69, 9.17) is 0 Å². The fourth-order valence-corrected chi connectivity index (χ4v) is 6.58. The molecule has 0 N–H and O–H groups in total. The van der Waals surface area contributed by atoms with Gasteiger partial charge in [-0.3, -0.25) is 9.59 Å². The number of nitrogens with zero attached hydrogens (tertiary/aromatic N) is 1. The Morgan fingerprint density at radius 2 is 1.28 bits per heavy atom. The molecule has 0 saturated carbocycles. The first-order valence-corrected chi connectivity index (χ1v) is 11.0. The molecule has 0 unspecified atom stereocenters. The number of hydrogen-bond acceptors (Lipinski definition) is 3. The van der Waals surface area contributed by atoms with Gasteiger partial charge in [-0.15, -0.1) is 0 Å². The first-order chi connectivity index (χ1) is 15.4. The Labute approximate surface area is 186 Å². The first-order valence-electron chi connectivity index (χ1n) is 11.0. The van der Waals surface area contributed by atoms with E-state index in [0.717, 1.165) is 39.7 Å². The molecule has 3 aliphatic carbocycles. The van der Waals surface area contributed by atoms with E-state index in [9.17, 15) is 14.4 Å². The molecule has 0 spiro atoms. The molecule has 0 radical (unpaired) electrons. The molecule has 2 bridgehead atoms. The number of hydrogen-bond donors (Lipinski definition) is 0. The highest BCUT2D eigenvalue weighted by atomic mass is 16.2. The van der Waals surface area contributed by atoms with E-state index in [-0.39, 0.29) is 11.8 Å². The van der Waals surface area contributed by atoms with Gasteiger partial charge in [0, 0.05) is 5.41 Å². The summed E-state index contributed by atoms with van der Waals surface area (Å²) in [5.74, 6) is -1.90. The molecule has 7 rings (SSSR count). The molecule has 4 aliphatic rings. The number of rotatable bonds is 2. The minimum absolute atomic E-state index is 0.221. The summed E-state index contributed by atoms with van der Waals surface area (Å²) >= 11 is 0. The minimum Gasteiger partial charge on any atom is -0.302 e. The Kier molecular flexibility index (Phi) is 3.62. The van der Waals surface area contributed by atoms with E-state index in [1.54, 1.807) is 0 Å². The summed E-state index contributed by atoms with van der Waals surface area (Å²) in [7, 11) is 0. The maximum absolute atomic E-state index is 14.0. The van der Waals surface area contributed by atoms with Gasteiger partial charge < -0.3 is 4.79 Å². The summed E-state index contributed by atoms with van der Waals surface area (Å²) in [6, 6.07) is 21.3. The number of anilines is 1. The molecule has 2 amide bonds. The number of benzene rings is 3. The molecule has 0 aromatic heterocycles. The fourth-order valence-electron chi connectivity index (χ4n) is 6.58. The molecule has 2 atom stereocenters. The van der Waals surface area contributed by atoms with Crippen LogP contribution in [0.1, 0.15) is 40.3 Å². The van der Waals surface area contributed by atoms with Crippen LogP contribution in [0.3, 0.4) is 0 Å². The number of carbonyl (C=O) groups excluding carboxylic acids is 3. The van der Waals surface area contributed by atoms with Crippen molar-refractivity contribution >= 4 is 23.8 Å². The summed E-state index contributed by atoms with van der Waals surface area (Å²) in [5.41, 5.74) is 4.46. The predicted molar refractivity (Wildman–Crippen MR) is 122 cm³/mol. The van der Waals surface area contributed by atoms with Crippen molar-refractivity contribution in [3.8, 4) is 0 Å². The Bertz CT molecular complexity index is 1310. The third-order valence-electron chi connectivity index (χ3n) is 8.22. The monoisotopic (exact) mass is 421 g/mol. The highest BCUT2D eigenvalue weighted by Crippen LogP contribution is 2.66. The van der Waals surface area contributed by atoms with Crippen molar-refractivity contribution in [1.82, 2.24) is 0 Å². The largest absolute Gasteiger partial charge is 0.302 e. The summed E-state index contributed by atoms with van der Waals surface area (Å²) < 4.78 is 0. The van der Waals surface area contributed by atoms with Crippen LogP contribution in [-0.4, -0.2) is 18.1 Å². The number of aryl methyl sites for hydroxylation is 2. The number of aldehydes is 1. The van der Waals surface area contributed by atoms with Crippen LogP contribution < -0.4 is 4.90 Å². The van der Waals surface area contributed by atoms with Crippen LogP contribution in [-0.2, 0) is 25.2 Å². The Balaban J connectivity index is 1.68. The van der Waals surface area contributed by atoms with E-state index in [1.165, 1.54) is 4.90 Å². The number of carbonyl (C=O) groups is 3. The predicted octanol–water partition coefficient (Wildman–Crippen LogP) is 4.23. The van der Waals surface area contributed by atoms with Gasteiger partial charge in [-0.2, -0.15) is 0 Å². The molecule has 1 heterocycles. The van der Waals surface area contributed by atoms with Crippen molar-refractivity contribution in [3.05, 3.63) is 100 Å². The van der Waals surface area contributed by atoms with Gasteiger partial charge in [-0.05, 0) is 59.4 Å². The van der Waals surface area contributed by atoms with Crippen LogP contribution in [0.4, 0.5) is 5.69 Å². The third-order valence-corrected chi connectivity index (χ3v) is 8.22. The highest BCUT2D eigenvalue weighted by molar-refractivity contribution is 6.25. The van der Waals surface area contributed by atoms with Crippen LogP contribution in [0.2, 0.25) is 0 Å². The van der Waals surface area contributed by atoms with Gasteiger partial charge in [0.05, 0.1) is 22.9 Å². The van der Waals surface area contributed by atoms with Gasteiger partial charge in [0.1, 0.15) is 6.29 Å². The third kappa shape index (κ3) is 1.92. The van der Waals surface area contributed by atoms with Gasteiger partial charge in [-0.25, -0.2) is 4.90 Å². The SMILES string of the molecule is Cc1ccc(N2C(=O)[C@@H]3[C@@H](C2=O)C2(C=O)c4ccccc4C3(C)c3ccccc32)cc1C. The van der Waals surface area contributed by atoms with Crippen LogP contribution >= 0.6 is 0 Å². The molecule has 3 aromatic rings. The highest BCUT2D eigenvalue weighted by Gasteiger charge is 2.72. The molecule has 1 aliphatic heterocycles. The summed E-state index contributed by atoms with van der Waals surface area (Å²) in [4.78, 5) is 42.4. The Morgan fingerprint density at radius 1 is 0.750 bits per heavy atom. The zero-order valence-electron chi connectivity index (χ0n) is 18.3. The molecule has 158 valence electrons. The average Bonchev–Trinajstić information content (AvgIpc) is 3.08. The molecule has 3 aromatic carbocycles. The van der Waals surface area contributed by atoms with Crippen molar-refractivity contribution < 1.29 is 14.4 Å². The van der Waals surface area contributed by atoms with Gasteiger partial charge in [0.25, 0.3) is 0 Å². The van der Waals surface area contributed by atoms with E-state index in [2.05, 4.69) is 6.92 Å². The minimum atomic E-state index is -1.17. The maximum Gasteiger partial charge on any atom is 0.239 e. The Morgan fingerprint density at radius 3 is 1.81 bits per heavy atom. The van der Waals surface area contributed by atoms with Gasteiger partial charge in [0.15, 0.2) is 0 Å². The first kappa shape index (κ1) is 19.2. The van der Waals surface area contributed by atoms with Crippen LogP contribution in [0.25, 0.3) is 0 Å². The van der Waals surface area contributed by atoms with Crippen molar-refractivity contribution in [1.29, 1.82) is 0 Å². The smallest absolute Gasteiger partial charge is 0.239 e. The van der Waals surface area contributed by atoms with E-state index in [1.807, 2.05) is 80.6 Å². The van der Waals surface area contributed by atoms with Gasteiger partial charge in [-0.1, -0.05) is 61.5 Å². The van der Waals surface area contributed by atoms with E-state index in [0.29, 0.717) is 5.69 Å². The van der Waals surface area contributed by atoms with Crippen LogP contribution in [0.15, 0.2) is 66.7 Å². The van der Waals surface area contributed by atoms with Crippen molar-refractivity contribution in [2.45, 2.75) is 31.6 Å². The fraction of sp³-hybridized carbons (Fsp3) is 0.250. The lowest BCUT2D eigenvalue weighted by atomic mass is 9.42. The zero-order valence-corrected chi connectivity index (χ0v) is 18.3.